The van der Waals surface area contributed by atoms with Gasteiger partial charge in [-0.1, -0.05) is 30.3 Å². The second kappa shape index (κ2) is 8.49. The van der Waals surface area contributed by atoms with E-state index >= 15 is 0 Å². The molecule has 0 radical (unpaired) electrons. The van der Waals surface area contributed by atoms with Crippen molar-refractivity contribution < 1.29 is 13.6 Å². The first kappa shape index (κ1) is 17.9. The molecule has 2 heterocycles. The molecule has 1 fully saturated rings. The van der Waals surface area contributed by atoms with E-state index in [-0.39, 0.29) is 24.9 Å². The summed E-state index contributed by atoms with van der Waals surface area (Å²) >= 11 is 1.53. The van der Waals surface area contributed by atoms with Gasteiger partial charge in [0.2, 0.25) is 5.91 Å². The zero-order chi connectivity index (χ0) is 17.6. The second-order valence-electron chi connectivity index (χ2n) is 6.22. The average molecular weight is 365 g/mol. The third-order valence-electron chi connectivity index (χ3n) is 4.26. The van der Waals surface area contributed by atoms with Gasteiger partial charge < -0.3 is 5.32 Å². The normalized spacial score (nSPS) is 16.3. The van der Waals surface area contributed by atoms with Gasteiger partial charge in [-0.15, -0.1) is 11.3 Å². The molecule has 1 aliphatic heterocycles. The van der Waals surface area contributed by atoms with Crippen molar-refractivity contribution in [1.82, 2.24) is 15.2 Å². The number of benzene rings is 1. The van der Waals surface area contributed by atoms with Gasteiger partial charge in [0.15, 0.2) is 0 Å². The number of piperidine rings is 1. The van der Waals surface area contributed by atoms with Crippen LogP contribution in [0.5, 0.6) is 0 Å². The molecule has 0 aliphatic carbocycles. The zero-order valence-electron chi connectivity index (χ0n) is 13.8. The van der Waals surface area contributed by atoms with Crippen LogP contribution in [0, 0.1) is 0 Å². The van der Waals surface area contributed by atoms with Crippen molar-refractivity contribution in [3.63, 3.8) is 0 Å². The summed E-state index contributed by atoms with van der Waals surface area (Å²) in [5.74, 6) is -0.0581. The first-order valence-corrected chi connectivity index (χ1v) is 9.28. The molecular weight excluding hydrogens is 344 g/mol. The molecule has 3 rings (SSSR count). The third-order valence-corrected chi connectivity index (χ3v) is 5.20. The minimum Gasteiger partial charge on any atom is -0.353 e. The molecule has 25 heavy (non-hydrogen) atoms. The van der Waals surface area contributed by atoms with Gasteiger partial charge in [0.05, 0.1) is 18.7 Å². The highest BCUT2D eigenvalue weighted by atomic mass is 32.1. The summed E-state index contributed by atoms with van der Waals surface area (Å²) in [6.45, 7) is 1.02. The number of amides is 1. The van der Waals surface area contributed by atoms with E-state index in [4.69, 9.17) is 0 Å². The minimum absolute atomic E-state index is 0.0581. The number of halogens is 2. The van der Waals surface area contributed by atoms with Crippen LogP contribution in [0.25, 0.3) is 10.6 Å². The Balaban J connectivity index is 1.47. The molecule has 1 amide bonds. The Morgan fingerprint density at radius 3 is 2.68 bits per heavy atom. The van der Waals surface area contributed by atoms with Crippen LogP contribution in [0.1, 0.15) is 18.5 Å². The monoisotopic (exact) mass is 365 g/mol. The summed E-state index contributed by atoms with van der Waals surface area (Å²) in [6, 6.07) is 9.94. The van der Waals surface area contributed by atoms with Crippen LogP contribution in [0.2, 0.25) is 0 Å². The standard InChI is InChI=1S/C18H21F2N3OS/c19-16(20)11-23-8-6-14(7-9-23)21-17(24)10-15-12-25-18(22-15)13-4-2-1-3-5-13/h1-5,12,14,16H,6-11H2,(H,21,24). The van der Waals surface area contributed by atoms with Gasteiger partial charge in [-0.25, -0.2) is 13.8 Å². The first-order chi connectivity index (χ1) is 12.1. The summed E-state index contributed by atoms with van der Waals surface area (Å²) in [4.78, 5) is 18.5. The van der Waals surface area contributed by atoms with Crippen LogP contribution < -0.4 is 5.32 Å². The van der Waals surface area contributed by atoms with Crippen molar-refractivity contribution in [3.8, 4) is 10.6 Å². The lowest BCUT2D eigenvalue weighted by atomic mass is 10.0. The van der Waals surface area contributed by atoms with Gasteiger partial charge in [-0.3, -0.25) is 9.69 Å². The molecule has 0 bridgehead atoms. The van der Waals surface area contributed by atoms with E-state index in [1.165, 1.54) is 11.3 Å². The number of carbonyl (C=O) groups is 1. The highest BCUT2D eigenvalue weighted by Crippen LogP contribution is 2.23. The van der Waals surface area contributed by atoms with Crippen LogP contribution >= 0.6 is 11.3 Å². The number of carbonyl (C=O) groups excluding carboxylic acids is 1. The number of likely N-dealkylation sites (tertiary alicyclic amines) is 1. The number of nitrogens with zero attached hydrogens (tertiary/aromatic N) is 2. The number of alkyl halides is 2. The molecule has 1 N–H and O–H groups in total. The molecule has 7 heteroatoms. The molecule has 1 aromatic carbocycles. The van der Waals surface area contributed by atoms with Gasteiger partial charge in [0.1, 0.15) is 5.01 Å². The van der Waals surface area contributed by atoms with Crippen molar-refractivity contribution in [3.05, 3.63) is 41.4 Å². The van der Waals surface area contributed by atoms with Crippen LogP contribution in [-0.4, -0.2) is 47.9 Å². The average Bonchev–Trinajstić information content (AvgIpc) is 3.05. The molecule has 0 saturated carbocycles. The third kappa shape index (κ3) is 5.31. The summed E-state index contributed by atoms with van der Waals surface area (Å²) in [5, 5.41) is 5.82. The van der Waals surface area contributed by atoms with E-state index in [9.17, 15) is 13.6 Å². The number of rotatable bonds is 6. The predicted molar refractivity (Wildman–Crippen MR) is 94.9 cm³/mol. The van der Waals surface area contributed by atoms with E-state index in [2.05, 4.69) is 10.3 Å². The summed E-state index contributed by atoms with van der Waals surface area (Å²) < 4.78 is 24.8. The molecule has 0 spiro atoms. The van der Waals surface area contributed by atoms with E-state index in [0.29, 0.717) is 25.9 Å². The number of hydrogen-bond donors (Lipinski definition) is 1. The topological polar surface area (TPSA) is 45.2 Å². The van der Waals surface area contributed by atoms with Crippen molar-refractivity contribution in [2.45, 2.75) is 31.7 Å². The largest absolute Gasteiger partial charge is 0.353 e. The quantitative estimate of drug-likeness (QED) is 0.855. The van der Waals surface area contributed by atoms with Crippen LogP contribution in [0.3, 0.4) is 0 Å². The maximum atomic E-state index is 12.4. The highest BCUT2D eigenvalue weighted by Gasteiger charge is 2.22. The highest BCUT2D eigenvalue weighted by molar-refractivity contribution is 7.13. The lowest BCUT2D eigenvalue weighted by Gasteiger charge is -2.31. The minimum atomic E-state index is -2.30. The second-order valence-corrected chi connectivity index (χ2v) is 7.08. The number of nitrogens with one attached hydrogen (secondary N) is 1. The van der Waals surface area contributed by atoms with Gasteiger partial charge in [0.25, 0.3) is 6.43 Å². The van der Waals surface area contributed by atoms with E-state index in [1.807, 2.05) is 35.7 Å². The van der Waals surface area contributed by atoms with Crippen LogP contribution in [0.15, 0.2) is 35.7 Å². The zero-order valence-corrected chi connectivity index (χ0v) is 14.6. The van der Waals surface area contributed by atoms with E-state index < -0.39 is 6.43 Å². The Morgan fingerprint density at radius 1 is 1.28 bits per heavy atom. The van der Waals surface area contributed by atoms with Crippen LogP contribution in [-0.2, 0) is 11.2 Å². The first-order valence-electron chi connectivity index (χ1n) is 8.40. The van der Waals surface area contributed by atoms with Gasteiger partial charge in [-0.2, -0.15) is 0 Å². The number of aromatic nitrogens is 1. The molecule has 0 atom stereocenters. The lowest BCUT2D eigenvalue weighted by Crippen LogP contribution is -2.46. The molecule has 1 aromatic heterocycles. The van der Waals surface area contributed by atoms with Gasteiger partial charge in [0, 0.05) is 30.1 Å². The van der Waals surface area contributed by atoms with Crippen molar-refractivity contribution in [1.29, 1.82) is 0 Å². The van der Waals surface area contributed by atoms with Gasteiger partial charge in [-0.05, 0) is 12.8 Å². The molecule has 1 saturated heterocycles. The Labute approximate surface area is 149 Å². The smallest absolute Gasteiger partial charge is 0.251 e. The number of thiazole rings is 1. The summed E-state index contributed by atoms with van der Waals surface area (Å²) in [6.07, 6.45) is -0.620. The fourth-order valence-electron chi connectivity index (χ4n) is 3.00. The summed E-state index contributed by atoms with van der Waals surface area (Å²) in [7, 11) is 0. The molecule has 4 nitrogen and oxygen atoms in total. The van der Waals surface area contributed by atoms with Gasteiger partial charge >= 0.3 is 0 Å². The SMILES string of the molecule is O=C(Cc1csc(-c2ccccc2)n1)NC1CCN(CC(F)F)CC1. The molecule has 1 aliphatic rings. The molecule has 134 valence electrons. The molecule has 0 unspecified atom stereocenters. The van der Waals surface area contributed by atoms with Crippen molar-refractivity contribution >= 4 is 17.2 Å². The lowest BCUT2D eigenvalue weighted by molar-refractivity contribution is -0.121. The van der Waals surface area contributed by atoms with E-state index in [1.54, 1.807) is 4.90 Å². The Morgan fingerprint density at radius 2 is 2.00 bits per heavy atom. The Kier molecular flexibility index (Phi) is 6.09. The maximum absolute atomic E-state index is 12.4. The Hall–Kier alpha value is -1.86. The van der Waals surface area contributed by atoms with E-state index in [0.717, 1.165) is 16.3 Å². The number of hydrogen-bond acceptors (Lipinski definition) is 4. The Bertz CT molecular complexity index is 685. The summed E-state index contributed by atoms with van der Waals surface area (Å²) in [5.41, 5.74) is 1.81. The van der Waals surface area contributed by atoms with Crippen molar-refractivity contribution in [2.75, 3.05) is 19.6 Å². The fourth-order valence-corrected chi connectivity index (χ4v) is 3.83. The predicted octanol–water partition coefficient (Wildman–Crippen LogP) is 3.20. The molecule has 2 aromatic rings. The van der Waals surface area contributed by atoms with Crippen LogP contribution in [0.4, 0.5) is 8.78 Å². The molecular formula is C18H21F2N3OS. The maximum Gasteiger partial charge on any atom is 0.251 e. The fraction of sp³-hybridized carbons (Fsp3) is 0.444. The van der Waals surface area contributed by atoms with Crippen molar-refractivity contribution in [2.24, 2.45) is 0 Å².